The third kappa shape index (κ3) is 7.51. The monoisotopic (exact) mass is 978 g/mol. The predicted octanol–water partition coefficient (Wildman–Crippen LogP) is 21.5. The fourth-order valence-electron chi connectivity index (χ4n) is 11.7. The third-order valence-corrected chi connectivity index (χ3v) is 15.6. The lowest BCUT2D eigenvalue weighted by molar-refractivity contribution is 0.669. The highest BCUT2D eigenvalue weighted by atomic mass is 16.3. The van der Waals surface area contributed by atoms with Crippen molar-refractivity contribution < 1.29 is 8.83 Å². The minimum absolute atomic E-state index is 0.335. The maximum atomic E-state index is 6.57. The van der Waals surface area contributed by atoms with Crippen LogP contribution < -0.4 is 9.80 Å². The van der Waals surface area contributed by atoms with Gasteiger partial charge in [0.25, 0.3) is 0 Å². The van der Waals surface area contributed by atoms with Crippen LogP contribution in [-0.2, 0) is 0 Å². The third-order valence-electron chi connectivity index (χ3n) is 15.6. The number of anilines is 6. The lowest BCUT2D eigenvalue weighted by Gasteiger charge is -2.33. The second-order valence-corrected chi connectivity index (χ2v) is 20.8. The zero-order chi connectivity index (χ0) is 51.0. The van der Waals surface area contributed by atoms with Crippen molar-refractivity contribution in [3.63, 3.8) is 0 Å². The lowest BCUT2D eigenvalue weighted by Crippen LogP contribution is -2.15. The van der Waals surface area contributed by atoms with Gasteiger partial charge in [0.1, 0.15) is 22.3 Å². The molecule has 76 heavy (non-hydrogen) atoms. The van der Waals surface area contributed by atoms with Gasteiger partial charge in [-0.05, 0) is 118 Å². The molecular formula is C72H54N2O2. The minimum Gasteiger partial charge on any atom is -0.455 e. The van der Waals surface area contributed by atoms with Crippen molar-refractivity contribution in [1.29, 1.82) is 0 Å². The van der Waals surface area contributed by atoms with Gasteiger partial charge in [0.05, 0.1) is 11.4 Å². The Hall–Kier alpha value is -9.38. The first-order chi connectivity index (χ1) is 37.3. The fourth-order valence-corrected chi connectivity index (χ4v) is 11.7. The standard InChI is InChI=1S/C72H54N2O2/c1-45(2)49-19-13-21-55(41-49)73(53-37-33-47(34-38-53)57-27-15-29-63-59-23-9-11-31-67(59)75-71(57)63)69-61-25-7-8-26-62(61)70(66-44-52-18-6-5-17-51(52)43-65(66)69)74(56-22-14-20-50(42-56)46(3)4)54-39-35-48(36-40-54)58-28-16-30-64-60-24-10-12-32-68(60)76-72(58)64/h5-46H,1-4H3. The first-order valence-electron chi connectivity index (χ1n) is 26.5. The normalized spacial score (nSPS) is 11.9. The molecule has 0 saturated carbocycles. The summed E-state index contributed by atoms with van der Waals surface area (Å²) in [5, 5.41) is 11.4. The van der Waals surface area contributed by atoms with Crippen LogP contribution in [0.2, 0.25) is 0 Å². The fraction of sp³-hybridized carbons (Fsp3) is 0.0833. The summed E-state index contributed by atoms with van der Waals surface area (Å²) < 4.78 is 13.1. The van der Waals surface area contributed by atoms with E-state index in [2.05, 4.69) is 268 Å². The number of hydrogen-bond acceptors (Lipinski definition) is 4. The van der Waals surface area contributed by atoms with Crippen LogP contribution in [0.15, 0.2) is 251 Å². The molecule has 14 aromatic rings. The summed E-state index contributed by atoms with van der Waals surface area (Å²) in [6, 6.07) is 88.6. The van der Waals surface area contributed by atoms with E-state index in [4.69, 9.17) is 8.83 Å². The second kappa shape index (κ2) is 18.2. The molecule has 0 bridgehead atoms. The van der Waals surface area contributed by atoms with E-state index in [0.717, 1.165) is 122 Å². The molecule has 0 unspecified atom stereocenters. The summed E-state index contributed by atoms with van der Waals surface area (Å²) in [6.45, 7) is 9.10. The Balaban J connectivity index is 1.02. The molecule has 0 atom stereocenters. The summed E-state index contributed by atoms with van der Waals surface area (Å²) in [4.78, 5) is 5.00. The van der Waals surface area contributed by atoms with Crippen molar-refractivity contribution in [1.82, 2.24) is 0 Å². The number of benzene rings is 12. The van der Waals surface area contributed by atoms with Gasteiger partial charge in [-0.3, -0.25) is 0 Å². The number of rotatable bonds is 10. The van der Waals surface area contributed by atoms with Crippen LogP contribution in [0, 0.1) is 0 Å². The second-order valence-electron chi connectivity index (χ2n) is 20.8. The van der Waals surface area contributed by atoms with Crippen molar-refractivity contribution in [3.8, 4) is 22.3 Å². The van der Waals surface area contributed by atoms with Gasteiger partial charge in [-0.15, -0.1) is 0 Å². The summed E-state index contributed by atoms with van der Waals surface area (Å²) in [6.07, 6.45) is 0. The van der Waals surface area contributed by atoms with E-state index in [0.29, 0.717) is 11.8 Å². The SMILES string of the molecule is CC(C)c1cccc(N(c2ccc(-c3cccc4c3oc3ccccc34)cc2)c2c3ccccc3c(N(c3ccc(-c4cccc5c4oc4ccccc45)cc3)c3cccc(C(C)C)c3)c3cc4ccccc4cc23)c1. The number of furan rings is 2. The Morgan fingerprint density at radius 3 is 1.08 bits per heavy atom. The molecule has 2 heterocycles. The molecular weight excluding hydrogens is 925 g/mol. The van der Waals surface area contributed by atoms with Crippen molar-refractivity contribution in [2.24, 2.45) is 0 Å². The van der Waals surface area contributed by atoms with E-state index in [1.54, 1.807) is 0 Å². The predicted molar refractivity (Wildman–Crippen MR) is 322 cm³/mol. The first-order valence-corrected chi connectivity index (χ1v) is 26.5. The van der Waals surface area contributed by atoms with Gasteiger partial charge in [-0.1, -0.05) is 198 Å². The molecule has 0 fully saturated rings. The van der Waals surface area contributed by atoms with Crippen LogP contribution in [0.3, 0.4) is 0 Å². The Labute approximate surface area is 442 Å². The van der Waals surface area contributed by atoms with Gasteiger partial charge >= 0.3 is 0 Å². The maximum absolute atomic E-state index is 6.57. The van der Waals surface area contributed by atoms with Gasteiger partial charge in [-0.2, -0.15) is 0 Å². The Morgan fingerprint density at radius 1 is 0.289 bits per heavy atom. The van der Waals surface area contributed by atoms with Crippen LogP contribution in [0.25, 0.3) is 98.4 Å². The highest BCUT2D eigenvalue weighted by Gasteiger charge is 2.27. The van der Waals surface area contributed by atoms with E-state index < -0.39 is 0 Å². The van der Waals surface area contributed by atoms with Gasteiger partial charge in [-0.25, -0.2) is 0 Å². The van der Waals surface area contributed by atoms with Gasteiger partial charge in [0, 0.05) is 77.0 Å². The van der Waals surface area contributed by atoms with E-state index in [1.807, 2.05) is 12.1 Å². The number of para-hydroxylation sites is 4. The van der Waals surface area contributed by atoms with Crippen molar-refractivity contribution >= 4 is 110 Å². The summed E-state index contributed by atoms with van der Waals surface area (Å²) >= 11 is 0. The largest absolute Gasteiger partial charge is 0.455 e. The number of fused-ring (bicyclic) bond motifs is 9. The molecule has 0 spiro atoms. The minimum atomic E-state index is 0.335. The van der Waals surface area contributed by atoms with Gasteiger partial charge in [0.2, 0.25) is 0 Å². The van der Waals surface area contributed by atoms with Crippen LogP contribution in [0.1, 0.15) is 50.7 Å². The smallest absolute Gasteiger partial charge is 0.143 e. The van der Waals surface area contributed by atoms with Crippen molar-refractivity contribution in [2.75, 3.05) is 9.80 Å². The van der Waals surface area contributed by atoms with Gasteiger partial charge < -0.3 is 18.6 Å². The summed E-state index contributed by atoms with van der Waals surface area (Å²) in [5.74, 6) is 0.669. The zero-order valence-corrected chi connectivity index (χ0v) is 43.0. The lowest BCUT2D eigenvalue weighted by atomic mass is 9.92. The van der Waals surface area contributed by atoms with Crippen LogP contribution in [-0.4, -0.2) is 0 Å². The highest BCUT2D eigenvalue weighted by Crippen LogP contribution is 2.53. The average Bonchev–Trinajstić information content (AvgIpc) is 4.05. The summed E-state index contributed by atoms with van der Waals surface area (Å²) in [7, 11) is 0. The summed E-state index contributed by atoms with van der Waals surface area (Å²) in [5.41, 5.74) is 17.1. The topological polar surface area (TPSA) is 32.8 Å². The molecule has 4 heteroatoms. The molecule has 0 aliphatic heterocycles. The number of hydrogen-bond donors (Lipinski definition) is 0. The van der Waals surface area contributed by atoms with E-state index in [9.17, 15) is 0 Å². The van der Waals surface area contributed by atoms with Crippen molar-refractivity contribution in [2.45, 2.75) is 39.5 Å². The molecule has 12 aromatic carbocycles. The molecule has 0 aliphatic carbocycles. The Morgan fingerprint density at radius 2 is 0.658 bits per heavy atom. The average molecular weight is 979 g/mol. The number of nitrogens with zero attached hydrogens (tertiary/aromatic N) is 2. The molecule has 14 rings (SSSR count). The van der Waals surface area contributed by atoms with Crippen LogP contribution in [0.4, 0.5) is 34.1 Å². The highest BCUT2D eigenvalue weighted by molar-refractivity contribution is 6.25. The van der Waals surface area contributed by atoms with Gasteiger partial charge in [0.15, 0.2) is 0 Å². The van der Waals surface area contributed by atoms with Crippen LogP contribution in [0.5, 0.6) is 0 Å². The molecule has 0 radical (unpaired) electrons. The Bertz CT molecular complexity index is 4250. The molecule has 2 aromatic heterocycles. The Kier molecular flexibility index (Phi) is 10.9. The maximum Gasteiger partial charge on any atom is 0.143 e. The van der Waals surface area contributed by atoms with Crippen molar-refractivity contribution in [3.05, 3.63) is 254 Å². The van der Waals surface area contributed by atoms with E-state index in [1.165, 1.54) is 21.9 Å². The van der Waals surface area contributed by atoms with Crippen LogP contribution >= 0.6 is 0 Å². The molecule has 0 N–H and O–H groups in total. The van der Waals surface area contributed by atoms with E-state index in [-0.39, 0.29) is 0 Å². The molecule has 364 valence electrons. The zero-order valence-electron chi connectivity index (χ0n) is 43.0. The first kappa shape index (κ1) is 45.3. The molecule has 0 amide bonds. The van der Waals surface area contributed by atoms with E-state index >= 15 is 0 Å². The quantitative estimate of drug-likeness (QED) is 0.101. The molecule has 0 aliphatic rings. The molecule has 0 saturated heterocycles. The molecule has 4 nitrogen and oxygen atoms in total.